The minimum Gasteiger partial charge on any atom is -0.497 e. The number of rotatable bonds is 4. The zero-order chi connectivity index (χ0) is 18.8. The van der Waals surface area contributed by atoms with Crippen molar-refractivity contribution in [1.82, 2.24) is 14.5 Å². The average molecular weight is 361 g/mol. The highest BCUT2D eigenvalue weighted by molar-refractivity contribution is 5.69. The normalized spacial score (nSPS) is 10.9. The van der Waals surface area contributed by atoms with Crippen molar-refractivity contribution in [1.29, 1.82) is 0 Å². The lowest BCUT2D eigenvalue weighted by Crippen LogP contribution is -2.43. The van der Waals surface area contributed by atoms with Crippen LogP contribution in [-0.2, 0) is 6.54 Å². The first-order valence-corrected chi connectivity index (χ1v) is 8.33. The molecule has 3 aromatic heterocycles. The zero-order valence-electron chi connectivity index (χ0n) is 14.6. The van der Waals surface area contributed by atoms with E-state index in [9.17, 15) is 9.90 Å². The maximum absolute atomic E-state index is 13.1. The molecule has 0 bridgehead atoms. The van der Waals surface area contributed by atoms with Gasteiger partial charge in [0.2, 0.25) is 0 Å². The molecule has 0 fully saturated rings. The second-order valence-electron chi connectivity index (χ2n) is 6.00. The third-order valence-corrected chi connectivity index (χ3v) is 4.34. The summed E-state index contributed by atoms with van der Waals surface area (Å²) >= 11 is 0. The Morgan fingerprint density at radius 1 is 1.15 bits per heavy atom. The number of fused-ring (bicyclic) bond motifs is 1. The minimum atomic E-state index is -0.308. The van der Waals surface area contributed by atoms with Crippen molar-refractivity contribution < 1.29 is 14.2 Å². The summed E-state index contributed by atoms with van der Waals surface area (Å²) in [6.07, 6.45) is 6.48. The Balaban J connectivity index is 2.01. The van der Waals surface area contributed by atoms with Gasteiger partial charge in [-0.2, -0.15) is 8.97 Å². The second-order valence-corrected chi connectivity index (χ2v) is 6.00. The molecule has 0 saturated carbocycles. The van der Waals surface area contributed by atoms with Gasteiger partial charge >= 0.3 is 5.56 Å². The smallest absolute Gasteiger partial charge is 0.354 e. The highest BCUT2D eigenvalue weighted by atomic mass is 16.5. The Hall–Kier alpha value is -3.74. The van der Waals surface area contributed by atoms with Crippen LogP contribution in [0.15, 0.2) is 72.2 Å². The molecular formula is C20H17N4O3+. The van der Waals surface area contributed by atoms with Crippen LogP contribution in [0.25, 0.3) is 16.8 Å². The number of ether oxygens (including phenoxy) is 1. The Bertz CT molecular complexity index is 1170. The third kappa shape index (κ3) is 2.99. The lowest BCUT2D eigenvalue weighted by atomic mass is 10.1. The maximum Gasteiger partial charge on any atom is 0.354 e. The molecule has 7 heteroatoms. The van der Waals surface area contributed by atoms with Crippen LogP contribution in [0.5, 0.6) is 11.6 Å². The largest absolute Gasteiger partial charge is 0.497 e. The molecule has 134 valence electrons. The fourth-order valence-electron chi connectivity index (χ4n) is 3.07. The molecule has 4 rings (SSSR count). The van der Waals surface area contributed by atoms with Crippen molar-refractivity contribution in [3.8, 4) is 22.8 Å². The van der Waals surface area contributed by atoms with Crippen LogP contribution in [0.3, 0.4) is 0 Å². The average Bonchev–Trinajstić information content (AvgIpc) is 2.72. The molecule has 1 aromatic carbocycles. The summed E-state index contributed by atoms with van der Waals surface area (Å²) in [6, 6.07) is 12.4. The highest BCUT2D eigenvalue weighted by Crippen LogP contribution is 2.29. The molecule has 0 spiro atoms. The van der Waals surface area contributed by atoms with Gasteiger partial charge in [0.1, 0.15) is 18.6 Å². The Kier molecular flexibility index (Phi) is 4.25. The first-order chi connectivity index (χ1) is 13.2. The first kappa shape index (κ1) is 16.7. The predicted molar refractivity (Wildman–Crippen MR) is 98.6 cm³/mol. The van der Waals surface area contributed by atoms with E-state index in [0.717, 1.165) is 5.56 Å². The first-order valence-electron chi connectivity index (χ1n) is 8.33. The summed E-state index contributed by atoms with van der Waals surface area (Å²) in [5.41, 5.74) is 1.84. The van der Waals surface area contributed by atoms with Gasteiger partial charge in [-0.15, -0.1) is 0 Å². The number of aromatic nitrogens is 4. The number of hydrogen-bond donors (Lipinski definition) is 1. The molecule has 0 aliphatic carbocycles. The van der Waals surface area contributed by atoms with Crippen molar-refractivity contribution in [2.24, 2.45) is 0 Å². The van der Waals surface area contributed by atoms with E-state index < -0.39 is 0 Å². The fraction of sp³-hybridized carbons (Fsp3) is 0.100. The van der Waals surface area contributed by atoms with Crippen LogP contribution in [-0.4, -0.2) is 26.8 Å². The van der Waals surface area contributed by atoms with Crippen molar-refractivity contribution >= 4 is 5.65 Å². The van der Waals surface area contributed by atoms with Gasteiger partial charge in [-0.3, -0.25) is 0 Å². The van der Waals surface area contributed by atoms with E-state index in [2.05, 4.69) is 9.97 Å². The maximum atomic E-state index is 13.1. The van der Waals surface area contributed by atoms with Gasteiger partial charge in [0, 0.05) is 29.6 Å². The number of methoxy groups -OCH3 is 1. The van der Waals surface area contributed by atoms with Gasteiger partial charge in [-0.25, -0.2) is 14.8 Å². The SMILES string of the molecule is COc1cccc(-c2c(O)n(Cc3cncnc3)c3cccc[n+]3c2=O)c1. The van der Waals surface area contributed by atoms with E-state index in [1.807, 2.05) is 6.07 Å². The van der Waals surface area contributed by atoms with Gasteiger partial charge in [-0.05, 0) is 18.2 Å². The van der Waals surface area contributed by atoms with Crippen LogP contribution in [0, 0.1) is 0 Å². The zero-order valence-corrected chi connectivity index (χ0v) is 14.6. The molecule has 0 aliphatic heterocycles. The summed E-state index contributed by atoms with van der Waals surface area (Å²) in [4.78, 5) is 21.1. The summed E-state index contributed by atoms with van der Waals surface area (Å²) < 4.78 is 8.43. The van der Waals surface area contributed by atoms with Gasteiger partial charge in [-0.1, -0.05) is 18.2 Å². The standard InChI is InChI=1S/C20H16N4O3/c1-27-16-6-4-5-15(9-16)18-19(25)23-8-3-2-7-17(23)24(20(18)26)12-14-10-21-13-22-11-14/h2-11,13H,12H2,1H3/p+1. The molecule has 0 saturated heterocycles. The number of hydrogen-bond acceptors (Lipinski definition) is 5. The van der Waals surface area contributed by atoms with Gasteiger partial charge in [0.15, 0.2) is 5.56 Å². The number of benzene rings is 1. The molecule has 0 radical (unpaired) electrons. The molecular weight excluding hydrogens is 344 g/mol. The number of aromatic hydroxyl groups is 1. The van der Waals surface area contributed by atoms with Crippen molar-refractivity contribution in [3.05, 3.63) is 83.3 Å². The van der Waals surface area contributed by atoms with Crippen LogP contribution in [0.4, 0.5) is 0 Å². The van der Waals surface area contributed by atoms with E-state index in [4.69, 9.17) is 4.74 Å². The molecule has 1 N–H and O–H groups in total. The molecule has 3 heterocycles. The summed E-state index contributed by atoms with van der Waals surface area (Å²) in [7, 11) is 1.56. The van der Waals surface area contributed by atoms with Crippen LogP contribution < -0.4 is 14.7 Å². The lowest BCUT2D eigenvalue weighted by molar-refractivity contribution is -0.532. The molecule has 0 atom stereocenters. The topological polar surface area (TPSA) is 81.3 Å². The molecule has 27 heavy (non-hydrogen) atoms. The number of pyridine rings is 1. The number of nitrogens with zero attached hydrogens (tertiary/aromatic N) is 4. The van der Waals surface area contributed by atoms with Gasteiger partial charge in [0.05, 0.1) is 13.3 Å². The van der Waals surface area contributed by atoms with Crippen molar-refractivity contribution in [2.45, 2.75) is 6.54 Å². The molecule has 7 nitrogen and oxygen atoms in total. The minimum absolute atomic E-state index is 0.122. The second kappa shape index (κ2) is 6.87. The molecule has 0 amide bonds. The Labute approximate surface area is 154 Å². The predicted octanol–water partition coefficient (Wildman–Crippen LogP) is 1.81. The van der Waals surface area contributed by atoms with E-state index in [1.165, 1.54) is 10.7 Å². The molecule has 0 aliphatic rings. The van der Waals surface area contributed by atoms with Gasteiger partial charge < -0.3 is 9.84 Å². The van der Waals surface area contributed by atoms with Crippen LogP contribution >= 0.6 is 0 Å². The third-order valence-electron chi connectivity index (χ3n) is 4.34. The summed E-state index contributed by atoms with van der Waals surface area (Å²) in [5, 5.41) is 11.0. The Morgan fingerprint density at radius 2 is 1.96 bits per heavy atom. The van der Waals surface area contributed by atoms with E-state index in [0.29, 0.717) is 23.5 Å². The summed E-state index contributed by atoms with van der Waals surface area (Å²) in [6.45, 7) is 0.317. The summed E-state index contributed by atoms with van der Waals surface area (Å²) in [5.74, 6) is 0.482. The van der Waals surface area contributed by atoms with Crippen molar-refractivity contribution in [2.75, 3.05) is 7.11 Å². The fourth-order valence-corrected chi connectivity index (χ4v) is 3.07. The van der Waals surface area contributed by atoms with Crippen LogP contribution in [0.2, 0.25) is 0 Å². The molecule has 4 aromatic rings. The Morgan fingerprint density at radius 3 is 2.74 bits per heavy atom. The highest BCUT2D eigenvalue weighted by Gasteiger charge is 2.25. The van der Waals surface area contributed by atoms with Crippen molar-refractivity contribution in [3.63, 3.8) is 0 Å². The molecule has 0 unspecified atom stereocenters. The monoisotopic (exact) mass is 361 g/mol. The lowest BCUT2D eigenvalue weighted by Gasteiger charge is -2.10. The van der Waals surface area contributed by atoms with Crippen LogP contribution in [0.1, 0.15) is 5.56 Å². The van der Waals surface area contributed by atoms with E-state index >= 15 is 0 Å². The van der Waals surface area contributed by atoms with Gasteiger partial charge in [0.25, 0.3) is 11.5 Å². The van der Waals surface area contributed by atoms with E-state index in [-0.39, 0.29) is 17.0 Å². The quantitative estimate of drug-likeness (QED) is 0.561. The van der Waals surface area contributed by atoms with E-state index in [1.54, 1.807) is 66.7 Å².